The first-order valence-corrected chi connectivity index (χ1v) is 8.89. The first-order valence-electron chi connectivity index (χ1n) is 7.81. The monoisotopic (exact) mass is 439 g/mol. The number of hydrogen-bond acceptors (Lipinski definition) is 2. The summed E-state index contributed by atoms with van der Waals surface area (Å²) >= 11 is 2.22. The van der Waals surface area contributed by atoms with Crippen molar-refractivity contribution in [2.24, 2.45) is 0 Å². The van der Waals surface area contributed by atoms with E-state index in [2.05, 4.69) is 37.9 Å². The van der Waals surface area contributed by atoms with Gasteiger partial charge < -0.3 is 10.3 Å². The van der Waals surface area contributed by atoms with Crippen molar-refractivity contribution in [1.82, 2.24) is 9.97 Å². The second-order valence-electron chi connectivity index (χ2n) is 5.64. The molecule has 0 saturated carbocycles. The van der Waals surface area contributed by atoms with Crippen LogP contribution in [0, 0.1) is 3.57 Å². The molecule has 25 heavy (non-hydrogen) atoms. The Morgan fingerprint density at radius 1 is 0.960 bits per heavy atom. The fourth-order valence-electron chi connectivity index (χ4n) is 2.64. The summed E-state index contributed by atoms with van der Waals surface area (Å²) < 4.78 is 1.10. The molecular formula is C20H14IN3O. The minimum Gasteiger partial charge on any atom is -0.338 e. The summed E-state index contributed by atoms with van der Waals surface area (Å²) in [6, 6.07) is 23.0. The van der Waals surface area contributed by atoms with Crippen LogP contribution in [-0.2, 0) is 0 Å². The van der Waals surface area contributed by atoms with Gasteiger partial charge in [0.1, 0.15) is 5.82 Å². The van der Waals surface area contributed by atoms with Crippen molar-refractivity contribution in [2.75, 3.05) is 5.32 Å². The number of aromatic nitrogens is 2. The van der Waals surface area contributed by atoms with Crippen molar-refractivity contribution < 1.29 is 4.79 Å². The standard InChI is InChI=1S/C20H14IN3O/c21-15-10-8-13(9-11-15)20(25)22-16-5-3-4-14(12-16)19-23-17-6-1-2-7-18(17)24-19/h1-12H,(H,22,25)(H,23,24). The smallest absolute Gasteiger partial charge is 0.255 e. The van der Waals surface area contributed by atoms with Crippen molar-refractivity contribution in [2.45, 2.75) is 0 Å². The van der Waals surface area contributed by atoms with Crippen LogP contribution < -0.4 is 5.32 Å². The molecule has 4 rings (SSSR count). The number of amides is 1. The number of carbonyl (C=O) groups is 1. The number of anilines is 1. The number of benzene rings is 3. The maximum atomic E-state index is 12.4. The Morgan fingerprint density at radius 3 is 2.56 bits per heavy atom. The second-order valence-corrected chi connectivity index (χ2v) is 6.89. The molecule has 1 heterocycles. The molecule has 0 bridgehead atoms. The highest BCUT2D eigenvalue weighted by Gasteiger charge is 2.09. The van der Waals surface area contributed by atoms with Gasteiger partial charge in [0.2, 0.25) is 0 Å². The molecule has 1 aromatic heterocycles. The second kappa shape index (κ2) is 6.68. The van der Waals surface area contributed by atoms with E-state index in [0.29, 0.717) is 5.56 Å². The normalized spacial score (nSPS) is 10.8. The predicted octanol–water partition coefficient (Wildman–Crippen LogP) is 5.09. The lowest BCUT2D eigenvalue weighted by molar-refractivity contribution is 0.102. The number of hydrogen-bond donors (Lipinski definition) is 2. The summed E-state index contributed by atoms with van der Waals surface area (Å²) in [5.41, 5.74) is 4.21. The molecular weight excluding hydrogens is 425 g/mol. The van der Waals surface area contributed by atoms with Crippen molar-refractivity contribution in [3.05, 3.63) is 81.9 Å². The molecule has 4 nitrogen and oxygen atoms in total. The lowest BCUT2D eigenvalue weighted by Gasteiger charge is -2.07. The zero-order valence-corrected chi connectivity index (χ0v) is 15.3. The number of halogens is 1. The van der Waals surface area contributed by atoms with Crippen molar-refractivity contribution >= 4 is 45.2 Å². The van der Waals surface area contributed by atoms with Gasteiger partial charge in [-0.1, -0.05) is 24.3 Å². The number of fused-ring (bicyclic) bond motifs is 1. The summed E-state index contributed by atoms with van der Waals surface area (Å²) in [4.78, 5) is 20.3. The van der Waals surface area contributed by atoms with Crippen LogP contribution in [0.5, 0.6) is 0 Å². The quantitative estimate of drug-likeness (QED) is 0.437. The fraction of sp³-hybridized carbons (Fsp3) is 0. The van der Waals surface area contributed by atoms with Crippen LogP contribution in [0.4, 0.5) is 5.69 Å². The van der Waals surface area contributed by atoms with Gasteiger partial charge in [-0.25, -0.2) is 4.98 Å². The van der Waals surface area contributed by atoms with Gasteiger partial charge >= 0.3 is 0 Å². The Bertz CT molecular complexity index is 1020. The Labute approximate surface area is 158 Å². The number of H-pyrrole nitrogens is 1. The predicted molar refractivity (Wildman–Crippen MR) is 109 cm³/mol. The molecule has 0 fully saturated rings. The minimum atomic E-state index is -0.127. The Balaban J connectivity index is 1.60. The number of para-hydroxylation sites is 2. The van der Waals surface area contributed by atoms with Gasteiger partial charge in [-0.3, -0.25) is 4.79 Å². The van der Waals surface area contributed by atoms with E-state index in [0.717, 1.165) is 31.7 Å². The van der Waals surface area contributed by atoms with Gasteiger partial charge in [-0.05, 0) is 71.1 Å². The molecule has 0 saturated heterocycles. The van der Waals surface area contributed by atoms with E-state index in [4.69, 9.17) is 0 Å². The number of imidazole rings is 1. The van der Waals surface area contributed by atoms with Crippen LogP contribution in [0.15, 0.2) is 72.8 Å². The van der Waals surface area contributed by atoms with Crippen molar-refractivity contribution in [3.8, 4) is 11.4 Å². The highest BCUT2D eigenvalue weighted by Crippen LogP contribution is 2.23. The van der Waals surface area contributed by atoms with Crippen molar-refractivity contribution in [1.29, 1.82) is 0 Å². The highest BCUT2D eigenvalue weighted by atomic mass is 127. The maximum absolute atomic E-state index is 12.4. The number of nitrogens with zero attached hydrogens (tertiary/aromatic N) is 1. The third kappa shape index (κ3) is 3.41. The van der Waals surface area contributed by atoms with E-state index < -0.39 is 0 Å². The molecule has 1 amide bonds. The van der Waals surface area contributed by atoms with Crippen LogP contribution in [0.3, 0.4) is 0 Å². The number of nitrogens with one attached hydrogen (secondary N) is 2. The topological polar surface area (TPSA) is 57.8 Å². The Morgan fingerprint density at radius 2 is 1.76 bits per heavy atom. The Kier molecular flexibility index (Phi) is 4.23. The zero-order chi connectivity index (χ0) is 17.2. The van der Waals surface area contributed by atoms with Gasteiger partial charge in [0.05, 0.1) is 11.0 Å². The molecule has 3 aromatic carbocycles. The van der Waals surface area contributed by atoms with E-state index >= 15 is 0 Å². The number of rotatable bonds is 3. The van der Waals surface area contributed by atoms with Crippen LogP contribution in [0.1, 0.15) is 10.4 Å². The van der Waals surface area contributed by atoms with Crippen LogP contribution in [0.25, 0.3) is 22.4 Å². The van der Waals surface area contributed by atoms with Crippen LogP contribution >= 0.6 is 22.6 Å². The number of carbonyl (C=O) groups excluding carboxylic acids is 1. The summed E-state index contributed by atoms with van der Waals surface area (Å²) in [5, 5.41) is 2.94. The molecule has 0 aliphatic rings. The minimum absolute atomic E-state index is 0.127. The average molecular weight is 439 g/mol. The van der Waals surface area contributed by atoms with Gasteiger partial charge in [0.25, 0.3) is 5.91 Å². The molecule has 0 radical (unpaired) electrons. The third-order valence-corrected chi connectivity index (χ3v) is 4.61. The first kappa shape index (κ1) is 15.8. The summed E-state index contributed by atoms with van der Waals surface area (Å²) in [5.74, 6) is 0.657. The van der Waals surface area contributed by atoms with Gasteiger partial charge in [-0.2, -0.15) is 0 Å². The van der Waals surface area contributed by atoms with Gasteiger partial charge in [-0.15, -0.1) is 0 Å². The molecule has 0 aliphatic heterocycles. The summed E-state index contributed by atoms with van der Waals surface area (Å²) in [7, 11) is 0. The summed E-state index contributed by atoms with van der Waals surface area (Å²) in [6.45, 7) is 0. The van der Waals surface area contributed by atoms with Gasteiger partial charge in [0.15, 0.2) is 0 Å². The Hall–Kier alpha value is -2.67. The number of aromatic amines is 1. The zero-order valence-electron chi connectivity index (χ0n) is 13.2. The third-order valence-electron chi connectivity index (χ3n) is 3.89. The van der Waals surface area contributed by atoms with Crippen molar-refractivity contribution in [3.63, 3.8) is 0 Å². The van der Waals surface area contributed by atoms with Gasteiger partial charge in [0, 0.05) is 20.4 Å². The lowest BCUT2D eigenvalue weighted by Crippen LogP contribution is -2.11. The molecule has 0 spiro atoms. The largest absolute Gasteiger partial charge is 0.338 e. The maximum Gasteiger partial charge on any atom is 0.255 e. The molecule has 5 heteroatoms. The molecule has 4 aromatic rings. The first-order chi connectivity index (χ1) is 12.2. The molecule has 122 valence electrons. The fourth-order valence-corrected chi connectivity index (χ4v) is 3.00. The van der Waals surface area contributed by atoms with E-state index in [1.165, 1.54) is 0 Å². The van der Waals surface area contributed by atoms with E-state index in [-0.39, 0.29) is 5.91 Å². The molecule has 0 aliphatic carbocycles. The van der Waals surface area contributed by atoms with Crippen LogP contribution in [0.2, 0.25) is 0 Å². The highest BCUT2D eigenvalue weighted by molar-refractivity contribution is 14.1. The van der Waals surface area contributed by atoms with E-state index in [1.807, 2.05) is 72.8 Å². The molecule has 0 unspecified atom stereocenters. The van der Waals surface area contributed by atoms with E-state index in [1.54, 1.807) is 0 Å². The van der Waals surface area contributed by atoms with E-state index in [9.17, 15) is 4.79 Å². The average Bonchev–Trinajstić information content (AvgIpc) is 3.07. The molecule has 2 N–H and O–H groups in total. The van der Waals surface area contributed by atoms with Crippen LogP contribution in [-0.4, -0.2) is 15.9 Å². The SMILES string of the molecule is O=C(Nc1cccc(-c2nc3ccccc3[nH]2)c1)c1ccc(I)cc1. The summed E-state index contributed by atoms with van der Waals surface area (Å²) in [6.07, 6.45) is 0. The molecule has 0 atom stereocenters. The lowest BCUT2D eigenvalue weighted by atomic mass is 10.1.